The lowest BCUT2D eigenvalue weighted by Crippen LogP contribution is -2.30. The van der Waals surface area contributed by atoms with Crippen LogP contribution in [0.5, 0.6) is 0 Å². The molecule has 0 unspecified atom stereocenters. The van der Waals surface area contributed by atoms with Gasteiger partial charge in [0.15, 0.2) is 5.69 Å². The zero-order valence-corrected chi connectivity index (χ0v) is 17.4. The molecule has 7 heteroatoms. The molecule has 2 rings (SSSR count). The lowest BCUT2D eigenvalue weighted by Gasteiger charge is -2.12. The van der Waals surface area contributed by atoms with E-state index < -0.39 is 0 Å². The van der Waals surface area contributed by atoms with Gasteiger partial charge in [0.25, 0.3) is 5.91 Å². The molecular weight excluding hydrogens is 368 g/mol. The van der Waals surface area contributed by atoms with Gasteiger partial charge < -0.3 is 20.7 Å². The molecule has 0 aliphatic carbocycles. The molecule has 1 heterocycles. The third-order valence-electron chi connectivity index (χ3n) is 4.29. The van der Waals surface area contributed by atoms with Crippen LogP contribution in [0.15, 0.2) is 36.5 Å². The number of nitrogens with zero attached hydrogens (tertiary/aromatic N) is 1. The minimum atomic E-state index is -0.349. The summed E-state index contributed by atoms with van der Waals surface area (Å²) in [6.07, 6.45) is 2.58. The number of rotatable bonds is 11. The van der Waals surface area contributed by atoms with Crippen molar-refractivity contribution in [1.82, 2.24) is 15.6 Å². The van der Waals surface area contributed by atoms with Crippen molar-refractivity contribution in [2.45, 2.75) is 27.2 Å². The van der Waals surface area contributed by atoms with E-state index in [4.69, 9.17) is 4.74 Å². The number of carbonyl (C=O) groups excluding carboxylic acids is 2. The number of aromatic nitrogens is 1. The zero-order chi connectivity index (χ0) is 21.1. The number of pyridine rings is 1. The topological polar surface area (TPSA) is 92.3 Å². The number of benzene rings is 1. The van der Waals surface area contributed by atoms with E-state index in [1.54, 1.807) is 12.3 Å². The fraction of sp³-hybridized carbons (Fsp3) is 0.409. The van der Waals surface area contributed by atoms with E-state index in [0.29, 0.717) is 25.4 Å². The first kappa shape index (κ1) is 22.5. The van der Waals surface area contributed by atoms with Gasteiger partial charge in [-0.15, -0.1) is 0 Å². The fourth-order valence-electron chi connectivity index (χ4n) is 2.80. The fourth-order valence-corrected chi connectivity index (χ4v) is 2.80. The summed E-state index contributed by atoms with van der Waals surface area (Å²) < 4.78 is 5.45. The second kappa shape index (κ2) is 11.9. The Morgan fingerprint density at radius 2 is 1.86 bits per heavy atom. The Bertz CT molecular complexity index is 823. The van der Waals surface area contributed by atoms with Crippen LogP contribution in [-0.2, 0) is 16.0 Å². The lowest BCUT2D eigenvalue weighted by molar-refractivity contribution is -0.114. The van der Waals surface area contributed by atoms with Gasteiger partial charge >= 0.3 is 0 Å². The summed E-state index contributed by atoms with van der Waals surface area (Å²) in [5.74, 6) is -0.607. The van der Waals surface area contributed by atoms with Crippen molar-refractivity contribution >= 4 is 17.5 Å². The summed E-state index contributed by atoms with van der Waals surface area (Å²) >= 11 is 0. The number of hydrogen-bond acceptors (Lipinski definition) is 5. The summed E-state index contributed by atoms with van der Waals surface area (Å²) in [6, 6.07) is 9.90. The molecule has 3 N–H and O–H groups in total. The van der Waals surface area contributed by atoms with Crippen molar-refractivity contribution in [3.05, 3.63) is 47.8 Å². The maximum Gasteiger partial charge on any atom is 0.272 e. The number of ether oxygens (including phenoxy) is 1. The number of likely N-dealkylation sites (N-methyl/N-ethyl adjacent to an activating group) is 1. The predicted molar refractivity (Wildman–Crippen MR) is 115 cm³/mol. The molecule has 2 aromatic rings. The molecule has 156 valence electrons. The molecule has 1 aromatic carbocycles. The standard InChI is InChI=1S/C22H30N4O3/c1-4-17-7-6-8-18(13-17)19-14-20(26-16(3)27)21(25-15-19)22(28)24-10-12-29-11-9-23-5-2/h6-8,13-15,23H,4-5,9-12H2,1-3H3,(H,24,28)(H,26,27). The molecule has 1 aromatic heterocycles. The number of aryl methyl sites for hydroxylation is 1. The van der Waals surface area contributed by atoms with Gasteiger partial charge in [-0.1, -0.05) is 38.1 Å². The van der Waals surface area contributed by atoms with Crippen molar-refractivity contribution in [2.24, 2.45) is 0 Å². The Kier molecular flexibility index (Phi) is 9.27. The highest BCUT2D eigenvalue weighted by Crippen LogP contribution is 2.25. The third kappa shape index (κ3) is 7.29. The molecule has 0 bridgehead atoms. The molecule has 0 saturated carbocycles. The summed E-state index contributed by atoms with van der Waals surface area (Å²) in [6.45, 7) is 8.58. The van der Waals surface area contributed by atoms with Gasteiger partial charge in [-0.3, -0.25) is 9.59 Å². The first-order chi connectivity index (χ1) is 14.0. The van der Waals surface area contributed by atoms with E-state index in [1.807, 2.05) is 19.1 Å². The average molecular weight is 399 g/mol. The Labute approximate surface area is 172 Å². The number of amides is 2. The first-order valence-corrected chi connectivity index (χ1v) is 9.98. The number of hydrogen-bond donors (Lipinski definition) is 3. The maximum absolute atomic E-state index is 12.5. The molecule has 0 atom stereocenters. The third-order valence-corrected chi connectivity index (χ3v) is 4.29. The number of carbonyl (C=O) groups is 2. The summed E-state index contributed by atoms with van der Waals surface area (Å²) in [5.41, 5.74) is 3.61. The Morgan fingerprint density at radius 1 is 1.07 bits per heavy atom. The van der Waals surface area contributed by atoms with Gasteiger partial charge in [-0.05, 0) is 30.2 Å². The van der Waals surface area contributed by atoms with Crippen molar-refractivity contribution in [3.63, 3.8) is 0 Å². The molecule has 29 heavy (non-hydrogen) atoms. The van der Waals surface area contributed by atoms with Crippen LogP contribution in [0.4, 0.5) is 5.69 Å². The van der Waals surface area contributed by atoms with Crippen molar-refractivity contribution in [1.29, 1.82) is 0 Å². The van der Waals surface area contributed by atoms with Crippen molar-refractivity contribution in [3.8, 4) is 11.1 Å². The number of anilines is 1. The van der Waals surface area contributed by atoms with E-state index in [-0.39, 0.29) is 17.5 Å². The molecule has 0 fully saturated rings. The minimum Gasteiger partial charge on any atom is -0.378 e. The predicted octanol–water partition coefficient (Wildman–Crippen LogP) is 2.63. The smallest absolute Gasteiger partial charge is 0.272 e. The lowest BCUT2D eigenvalue weighted by atomic mass is 10.0. The van der Waals surface area contributed by atoms with Crippen LogP contribution in [-0.4, -0.2) is 49.6 Å². The average Bonchev–Trinajstić information content (AvgIpc) is 2.72. The quantitative estimate of drug-likeness (QED) is 0.506. The van der Waals surface area contributed by atoms with Gasteiger partial charge in [0, 0.05) is 31.8 Å². The summed E-state index contributed by atoms with van der Waals surface area (Å²) in [5, 5.41) is 8.66. The molecule has 0 radical (unpaired) electrons. The highest BCUT2D eigenvalue weighted by atomic mass is 16.5. The largest absolute Gasteiger partial charge is 0.378 e. The second-order valence-electron chi connectivity index (χ2n) is 6.58. The van der Waals surface area contributed by atoms with Gasteiger partial charge in [-0.25, -0.2) is 4.98 Å². The molecule has 0 saturated heterocycles. The highest BCUT2D eigenvalue weighted by Gasteiger charge is 2.15. The van der Waals surface area contributed by atoms with Crippen LogP contribution in [0, 0.1) is 0 Å². The Balaban J connectivity index is 2.08. The molecule has 0 aliphatic rings. The van der Waals surface area contributed by atoms with Crippen LogP contribution >= 0.6 is 0 Å². The van der Waals surface area contributed by atoms with Crippen molar-refractivity contribution in [2.75, 3.05) is 38.2 Å². The second-order valence-corrected chi connectivity index (χ2v) is 6.58. The number of nitrogens with one attached hydrogen (secondary N) is 3. The maximum atomic E-state index is 12.5. The Hall–Kier alpha value is -2.77. The van der Waals surface area contributed by atoms with Crippen LogP contribution in [0.1, 0.15) is 36.8 Å². The minimum absolute atomic E-state index is 0.184. The van der Waals surface area contributed by atoms with Gasteiger partial charge in [-0.2, -0.15) is 0 Å². The van der Waals surface area contributed by atoms with Gasteiger partial charge in [0.05, 0.1) is 18.9 Å². The van der Waals surface area contributed by atoms with Crippen LogP contribution in [0.2, 0.25) is 0 Å². The van der Waals surface area contributed by atoms with Crippen LogP contribution in [0.25, 0.3) is 11.1 Å². The summed E-state index contributed by atoms with van der Waals surface area (Å²) in [4.78, 5) is 28.5. The van der Waals surface area contributed by atoms with Crippen molar-refractivity contribution < 1.29 is 14.3 Å². The molecule has 0 aliphatic heterocycles. The van der Waals surface area contributed by atoms with E-state index in [0.717, 1.165) is 30.6 Å². The van der Waals surface area contributed by atoms with E-state index in [1.165, 1.54) is 12.5 Å². The molecule has 2 amide bonds. The monoisotopic (exact) mass is 398 g/mol. The first-order valence-electron chi connectivity index (χ1n) is 9.98. The van der Waals surface area contributed by atoms with Crippen LogP contribution < -0.4 is 16.0 Å². The normalized spacial score (nSPS) is 10.6. The molecule has 0 spiro atoms. The van der Waals surface area contributed by atoms with Gasteiger partial charge in [0.1, 0.15) is 0 Å². The summed E-state index contributed by atoms with van der Waals surface area (Å²) in [7, 11) is 0. The Morgan fingerprint density at radius 3 is 2.59 bits per heavy atom. The zero-order valence-electron chi connectivity index (χ0n) is 17.4. The van der Waals surface area contributed by atoms with Gasteiger partial charge in [0.2, 0.25) is 5.91 Å². The SMILES string of the molecule is CCNCCOCCNC(=O)c1ncc(-c2cccc(CC)c2)cc1NC(C)=O. The van der Waals surface area contributed by atoms with E-state index >= 15 is 0 Å². The van der Waals surface area contributed by atoms with E-state index in [2.05, 4.69) is 40.0 Å². The highest BCUT2D eigenvalue weighted by molar-refractivity contribution is 6.02. The molecule has 7 nitrogen and oxygen atoms in total. The molecular formula is C22H30N4O3. The van der Waals surface area contributed by atoms with E-state index in [9.17, 15) is 9.59 Å². The van der Waals surface area contributed by atoms with Crippen LogP contribution in [0.3, 0.4) is 0 Å².